The molecule has 0 spiro atoms. The predicted molar refractivity (Wildman–Crippen MR) is 95.5 cm³/mol. The SMILES string of the molecule is COC1=C(Cl)C(Nc2cc([N+](=O)[O-])cc(OC)c2[N+](=O)[O-])=C(Cl)C(F)N1C=O. The van der Waals surface area contributed by atoms with Crippen molar-refractivity contribution >= 4 is 46.7 Å². The standard InChI is InChI=1S/C14H11Cl2FN4O7/c1-27-8-4-6(20(23)24)3-7(12(8)21(25)26)18-11-9(15)13(17)19(5-22)14(28-2)10(11)16/h3-5,13,18H,1-2H3. The monoisotopic (exact) mass is 436 g/mol. The van der Waals surface area contributed by atoms with Crippen molar-refractivity contribution in [2.45, 2.75) is 6.30 Å². The average Bonchev–Trinajstić information content (AvgIpc) is 2.66. The number of benzene rings is 1. The summed E-state index contributed by atoms with van der Waals surface area (Å²) in [6.07, 6.45) is -2.12. The predicted octanol–water partition coefficient (Wildman–Crippen LogP) is 3.20. The first-order chi connectivity index (χ1) is 13.2. The third kappa shape index (κ3) is 3.64. The molecule has 0 saturated heterocycles. The smallest absolute Gasteiger partial charge is 0.334 e. The Morgan fingerprint density at radius 3 is 2.32 bits per heavy atom. The zero-order valence-corrected chi connectivity index (χ0v) is 15.7. The van der Waals surface area contributed by atoms with E-state index in [1.165, 1.54) is 0 Å². The molecule has 11 nitrogen and oxygen atoms in total. The van der Waals surface area contributed by atoms with E-state index < -0.39 is 49.9 Å². The second-order valence-corrected chi connectivity index (χ2v) is 5.86. The maximum absolute atomic E-state index is 14.4. The van der Waals surface area contributed by atoms with Gasteiger partial charge in [0.05, 0.1) is 40.9 Å². The van der Waals surface area contributed by atoms with Gasteiger partial charge >= 0.3 is 5.69 Å². The first-order valence-corrected chi connectivity index (χ1v) is 7.92. The molecule has 0 fully saturated rings. The number of methoxy groups -OCH3 is 2. The largest absolute Gasteiger partial charge is 0.490 e. The molecule has 1 aliphatic heterocycles. The zero-order chi connectivity index (χ0) is 21.2. The van der Waals surface area contributed by atoms with E-state index in [-0.39, 0.29) is 17.1 Å². The first kappa shape index (κ1) is 21.2. The molecule has 28 heavy (non-hydrogen) atoms. The van der Waals surface area contributed by atoms with Crippen molar-refractivity contribution in [3.63, 3.8) is 0 Å². The van der Waals surface area contributed by atoms with Crippen LogP contribution in [-0.4, -0.2) is 41.7 Å². The number of nitrogens with zero attached hydrogens (tertiary/aromatic N) is 3. The number of ether oxygens (including phenoxy) is 2. The molecule has 1 aliphatic rings. The minimum absolute atomic E-state index is 0.0872. The van der Waals surface area contributed by atoms with E-state index in [4.69, 9.17) is 32.7 Å². The average molecular weight is 437 g/mol. The summed E-state index contributed by atoms with van der Waals surface area (Å²) in [6, 6.07) is 1.68. The van der Waals surface area contributed by atoms with Gasteiger partial charge in [-0.3, -0.25) is 25.0 Å². The third-order valence-corrected chi connectivity index (χ3v) is 4.29. The number of hydrogen-bond donors (Lipinski definition) is 1. The van der Waals surface area contributed by atoms with Gasteiger partial charge in [-0.15, -0.1) is 0 Å². The maximum Gasteiger partial charge on any atom is 0.334 e. The number of anilines is 1. The second kappa shape index (κ2) is 8.27. The maximum atomic E-state index is 14.4. The minimum atomic E-state index is -2.21. The number of amides is 1. The molecule has 1 aromatic rings. The molecule has 2 rings (SSSR count). The van der Waals surface area contributed by atoms with Gasteiger partial charge in [0.1, 0.15) is 10.7 Å². The van der Waals surface area contributed by atoms with Crippen molar-refractivity contribution in [2.75, 3.05) is 19.5 Å². The van der Waals surface area contributed by atoms with Gasteiger partial charge in [-0.25, -0.2) is 9.29 Å². The fourth-order valence-corrected chi connectivity index (χ4v) is 2.97. The topological polar surface area (TPSA) is 137 Å². The Labute approximate surface area is 166 Å². The van der Waals surface area contributed by atoms with Crippen LogP contribution in [0.2, 0.25) is 0 Å². The highest BCUT2D eigenvalue weighted by molar-refractivity contribution is 6.37. The van der Waals surface area contributed by atoms with Gasteiger partial charge < -0.3 is 14.8 Å². The molecular formula is C14H11Cl2FN4O7. The van der Waals surface area contributed by atoms with Crippen LogP contribution in [0.5, 0.6) is 5.75 Å². The Morgan fingerprint density at radius 2 is 1.86 bits per heavy atom. The molecule has 1 unspecified atom stereocenters. The van der Waals surface area contributed by atoms with E-state index >= 15 is 0 Å². The van der Waals surface area contributed by atoms with Crippen LogP contribution in [0.3, 0.4) is 0 Å². The molecule has 1 N–H and O–H groups in total. The van der Waals surface area contributed by atoms with Crippen molar-refractivity contribution in [3.05, 3.63) is 54.0 Å². The Kier molecular flexibility index (Phi) is 6.26. The summed E-state index contributed by atoms with van der Waals surface area (Å²) in [7, 11) is 2.19. The summed E-state index contributed by atoms with van der Waals surface area (Å²) in [5.41, 5.74) is -2.04. The van der Waals surface area contributed by atoms with Crippen molar-refractivity contribution in [2.24, 2.45) is 0 Å². The van der Waals surface area contributed by atoms with Gasteiger partial charge in [-0.1, -0.05) is 23.2 Å². The van der Waals surface area contributed by atoms with Gasteiger partial charge in [-0.2, -0.15) is 0 Å². The van der Waals surface area contributed by atoms with Crippen LogP contribution in [0.4, 0.5) is 21.5 Å². The van der Waals surface area contributed by atoms with Crippen LogP contribution in [0, 0.1) is 20.2 Å². The second-order valence-electron chi connectivity index (χ2n) is 5.08. The number of hydrogen-bond acceptors (Lipinski definition) is 8. The zero-order valence-electron chi connectivity index (χ0n) is 14.1. The van der Waals surface area contributed by atoms with Gasteiger partial charge in [-0.05, 0) is 0 Å². The number of rotatable bonds is 7. The lowest BCUT2D eigenvalue weighted by Crippen LogP contribution is -2.36. The molecule has 0 aromatic heterocycles. The number of non-ortho nitro benzene ring substituents is 1. The number of allylic oxidation sites excluding steroid dienone is 1. The van der Waals surface area contributed by atoms with E-state index in [2.05, 4.69) is 5.32 Å². The normalized spacial score (nSPS) is 16.8. The molecule has 1 heterocycles. The minimum Gasteiger partial charge on any atom is -0.490 e. The molecule has 150 valence electrons. The molecule has 0 bridgehead atoms. The Hall–Kier alpha value is -3.12. The van der Waals surface area contributed by atoms with E-state index in [9.17, 15) is 29.4 Å². The third-order valence-electron chi connectivity index (χ3n) is 3.57. The summed E-state index contributed by atoms with van der Waals surface area (Å²) in [5.74, 6) is -0.844. The highest BCUT2D eigenvalue weighted by atomic mass is 35.5. The number of carbonyl (C=O) groups excluding carboxylic acids is 1. The highest BCUT2D eigenvalue weighted by Gasteiger charge is 2.37. The van der Waals surface area contributed by atoms with E-state index in [1.54, 1.807) is 0 Å². The lowest BCUT2D eigenvalue weighted by Gasteiger charge is -2.30. The van der Waals surface area contributed by atoms with Crippen LogP contribution < -0.4 is 10.1 Å². The van der Waals surface area contributed by atoms with Crippen LogP contribution in [-0.2, 0) is 9.53 Å². The Bertz CT molecular complexity index is 921. The van der Waals surface area contributed by atoms with Crippen molar-refractivity contribution in [1.29, 1.82) is 0 Å². The molecular weight excluding hydrogens is 426 g/mol. The van der Waals surface area contributed by atoms with Crippen molar-refractivity contribution < 1.29 is 28.5 Å². The number of nitro groups is 2. The molecule has 0 saturated carbocycles. The molecule has 1 amide bonds. The summed E-state index contributed by atoms with van der Waals surface area (Å²) in [6.45, 7) is 0. The van der Waals surface area contributed by atoms with E-state index in [0.717, 1.165) is 26.4 Å². The molecule has 0 radical (unpaired) electrons. The van der Waals surface area contributed by atoms with Gasteiger partial charge in [0, 0.05) is 6.07 Å². The lowest BCUT2D eigenvalue weighted by atomic mass is 10.2. The number of alkyl halides is 1. The van der Waals surface area contributed by atoms with Gasteiger partial charge in [0.15, 0.2) is 0 Å². The number of nitrogens with one attached hydrogen (secondary N) is 1. The molecule has 0 aliphatic carbocycles. The summed E-state index contributed by atoms with van der Waals surface area (Å²) in [5, 5.41) is 23.9. The number of nitro benzene ring substituents is 2. The van der Waals surface area contributed by atoms with Crippen molar-refractivity contribution in [1.82, 2.24) is 4.90 Å². The Balaban J connectivity index is 2.69. The van der Waals surface area contributed by atoms with Crippen LogP contribution in [0.25, 0.3) is 0 Å². The van der Waals surface area contributed by atoms with Gasteiger partial charge in [0.2, 0.25) is 24.3 Å². The molecule has 1 aromatic carbocycles. The van der Waals surface area contributed by atoms with Crippen LogP contribution in [0.1, 0.15) is 0 Å². The Morgan fingerprint density at radius 1 is 1.21 bits per heavy atom. The van der Waals surface area contributed by atoms with Crippen molar-refractivity contribution in [3.8, 4) is 5.75 Å². The van der Waals surface area contributed by atoms with Gasteiger partial charge in [0.25, 0.3) is 5.69 Å². The quantitative estimate of drug-likeness (QED) is 0.297. The summed E-state index contributed by atoms with van der Waals surface area (Å²) >= 11 is 12.0. The van der Waals surface area contributed by atoms with Crippen LogP contribution >= 0.6 is 23.2 Å². The fourth-order valence-electron chi connectivity index (χ4n) is 2.35. The lowest BCUT2D eigenvalue weighted by molar-refractivity contribution is -0.389. The number of halogens is 3. The van der Waals surface area contributed by atoms with E-state index in [1.807, 2.05) is 0 Å². The summed E-state index contributed by atoms with van der Waals surface area (Å²) in [4.78, 5) is 32.4. The fraction of sp³-hybridized carbons (Fsp3) is 0.214. The number of carbonyl (C=O) groups is 1. The summed E-state index contributed by atoms with van der Waals surface area (Å²) < 4.78 is 24.2. The van der Waals surface area contributed by atoms with Crippen LogP contribution in [0.15, 0.2) is 33.8 Å². The molecule has 14 heteroatoms. The highest BCUT2D eigenvalue weighted by Crippen LogP contribution is 2.43. The first-order valence-electron chi connectivity index (χ1n) is 7.17. The molecule has 1 atom stereocenters. The van der Waals surface area contributed by atoms with E-state index in [0.29, 0.717) is 4.90 Å².